The van der Waals surface area contributed by atoms with E-state index in [2.05, 4.69) is 4.90 Å². The van der Waals surface area contributed by atoms with Crippen LogP contribution >= 0.6 is 0 Å². The molecule has 5 nitrogen and oxygen atoms in total. The molecule has 1 amide bonds. The van der Waals surface area contributed by atoms with Crippen LogP contribution in [0, 0.1) is 0 Å². The van der Waals surface area contributed by atoms with Crippen molar-refractivity contribution in [3.8, 4) is 0 Å². The highest BCUT2D eigenvalue weighted by Gasteiger charge is 2.26. The van der Waals surface area contributed by atoms with E-state index in [1.807, 2.05) is 45.0 Å². The number of hydrogen-bond acceptors (Lipinski definition) is 4. The largest absolute Gasteiger partial charge is 0.444 e. The van der Waals surface area contributed by atoms with Crippen LogP contribution in [0.15, 0.2) is 24.3 Å². The van der Waals surface area contributed by atoms with Crippen molar-refractivity contribution in [3.63, 3.8) is 0 Å². The van der Waals surface area contributed by atoms with Crippen molar-refractivity contribution in [2.75, 3.05) is 31.1 Å². The lowest BCUT2D eigenvalue weighted by molar-refractivity contribution is 0.0240. The van der Waals surface area contributed by atoms with E-state index >= 15 is 0 Å². The maximum absolute atomic E-state index is 12.1. The fourth-order valence-corrected chi connectivity index (χ4v) is 2.50. The highest BCUT2D eigenvalue weighted by Crippen LogP contribution is 2.22. The summed E-state index contributed by atoms with van der Waals surface area (Å²) in [6.45, 7) is 9.77. The van der Waals surface area contributed by atoms with Gasteiger partial charge in [0.1, 0.15) is 5.60 Å². The van der Waals surface area contributed by atoms with Gasteiger partial charge >= 0.3 is 6.09 Å². The molecule has 0 spiro atoms. The van der Waals surface area contributed by atoms with Gasteiger partial charge < -0.3 is 14.5 Å². The molecule has 1 saturated heterocycles. The van der Waals surface area contributed by atoms with Gasteiger partial charge in [0.2, 0.25) is 0 Å². The van der Waals surface area contributed by atoms with Gasteiger partial charge in [-0.3, -0.25) is 4.79 Å². The molecule has 0 bridgehead atoms. The van der Waals surface area contributed by atoms with Gasteiger partial charge in [-0.25, -0.2) is 4.79 Å². The number of anilines is 1. The number of ether oxygens (including phenoxy) is 1. The van der Waals surface area contributed by atoms with Gasteiger partial charge in [-0.2, -0.15) is 0 Å². The minimum Gasteiger partial charge on any atom is -0.444 e. The minimum absolute atomic E-state index is 0.0603. The van der Waals surface area contributed by atoms with Crippen molar-refractivity contribution in [2.45, 2.75) is 33.3 Å². The lowest BCUT2D eigenvalue weighted by Gasteiger charge is -2.37. The van der Waals surface area contributed by atoms with E-state index in [4.69, 9.17) is 4.74 Å². The van der Waals surface area contributed by atoms with E-state index in [1.165, 1.54) is 0 Å². The van der Waals surface area contributed by atoms with Crippen molar-refractivity contribution in [1.29, 1.82) is 0 Å². The first-order chi connectivity index (χ1) is 10.3. The molecule has 1 aromatic carbocycles. The van der Waals surface area contributed by atoms with E-state index in [-0.39, 0.29) is 11.9 Å². The SMILES string of the molecule is CC(=O)c1ccccc1N1CCN(C(=O)OC(C)(C)C)CC1. The first-order valence-corrected chi connectivity index (χ1v) is 7.61. The number of nitrogens with zero attached hydrogens (tertiary/aromatic N) is 2. The molecule has 0 N–H and O–H groups in total. The third-order valence-electron chi connectivity index (χ3n) is 3.56. The van der Waals surface area contributed by atoms with Gasteiger partial charge in [0, 0.05) is 37.4 Å². The smallest absolute Gasteiger partial charge is 0.410 e. The van der Waals surface area contributed by atoms with Crippen molar-refractivity contribution < 1.29 is 14.3 Å². The van der Waals surface area contributed by atoms with Gasteiger partial charge in [-0.05, 0) is 39.8 Å². The van der Waals surface area contributed by atoms with E-state index in [9.17, 15) is 9.59 Å². The van der Waals surface area contributed by atoms with Crippen molar-refractivity contribution in [1.82, 2.24) is 4.90 Å². The second-order valence-corrected chi connectivity index (χ2v) is 6.53. The van der Waals surface area contributed by atoms with Crippen LogP contribution in [0.3, 0.4) is 0 Å². The third-order valence-corrected chi connectivity index (χ3v) is 3.56. The molecule has 1 fully saturated rings. The molecule has 1 aliphatic rings. The maximum Gasteiger partial charge on any atom is 0.410 e. The summed E-state index contributed by atoms with van der Waals surface area (Å²) in [5.41, 5.74) is 1.20. The predicted octanol–water partition coefficient (Wildman–Crippen LogP) is 2.95. The summed E-state index contributed by atoms with van der Waals surface area (Å²) in [5.74, 6) is 0.0603. The Bertz CT molecular complexity index is 555. The van der Waals surface area contributed by atoms with Gasteiger partial charge in [0.05, 0.1) is 0 Å². The molecule has 1 aliphatic heterocycles. The quantitative estimate of drug-likeness (QED) is 0.788. The summed E-state index contributed by atoms with van der Waals surface area (Å²) in [5, 5.41) is 0. The number of para-hydroxylation sites is 1. The highest BCUT2D eigenvalue weighted by atomic mass is 16.6. The molecular formula is C17H24N2O3. The van der Waals surface area contributed by atoms with Crippen LogP contribution in [0.1, 0.15) is 38.1 Å². The molecule has 2 rings (SSSR count). The molecule has 22 heavy (non-hydrogen) atoms. The topological polar surface area (TPSA) is 49.9 Å². The van der Waals surface area contributed by atoms with Gasteiger partial charge in [-0.15, -0.1) is 0 Å². The highest BCUT2D eigenvalue weighted by molar-refractivity contribution is 5.99. The summed E-state index contributed by atoms with van der Waals surface area (Å²) < 4.78 is 5.39. The van der Waals surface area contributed by atoms with E-state index < -0.39 is 5.60 Å². The van der Waals surface area contributed by atoms with Crippen LogP contribution in [-0.2, 0) is 4.74 Å². The first-order valence-electron chi connectivity index (χ1n) is 7.61. The molecule has 1 heterocycles. The Balaban J connectivity index is 2.01. The Hall–Kier alpha value is -2.04. The number of ketones is 1. The number of carbonyl (C=O) groups is 2. The molecule has 0 unspecified atom stereocenters. The van der Waals surface area contributed by atoms with Crippen molar-refractivity contribution >= 4 is 17.6 Å². The van der Waals surface area contributed by atoms with Gasteiger partial charge in [-0.1, -0.05) is 12.1 Å². The van der Waals surface area contributed by atoms with E-state index in [1.54, 1.807) is 11.8 Å². The van der Waals surface area contributed by atoms with E-state index in [0.29, 0.717) is 26.2 Å². The molecule has 0 aromatic heterocycles. The normalized spacial score (nSPS) is 15.6. The second-order valence-electron chi connectivity index (χ2n) is 6.53. The number of piperazine rings is 1. The zero-order valence-corrected chi connectivity index (χ0v) is 13.8. The Morgan fingerprint density at radius 2 is 1.64 bits per heavy atom. The summed E-state index contributed by atoms with van der Waals surface area (Å²) >= 11 is 0. The average Bonchev–Trinajstić information content (AvgIpc) is 2.45. The number of amides is 1. The molecule has 1 aromatic rings. The monoisotopic (exact) mass is 304 g/mol. The summed E-state index contributed by atoms with van der Waals surface area (Å²) in [6, 6.07) is 7.61. The molecule has 0 saturated carbocycles. The Labute approximate surface area is 131 Å². The Morgan fingerprint density at radius 3 is 2.18 bits per heavy atom. The van der Waals surface area contributed by atoms with Crippen molar-refractivity contribution in [2.24, 2.45) is 0 Å². The molecule has 5 heteroatoms. The van der Waals surface area contributed by atoms with Crippen LogP contribution in [-0.4, -0.2) is 48.6 Å². The summed E-state index contributed by atoms with van der Waals surface area (Å²) in [7, 11) is 0. The Morgan fingerprint density at radius 1 is 1.05 bits per heavy atom. The first kappa shape index (κ1) is 16.3. The maximum atomic E-state index is 12.1. The number of hydrogen-bond donors (Lipinski definition) is 0. The van der Waals surface area contributed by atoms with Crippen LogP contribution in [0.25, 0.3) is 0 Å². The molecule has 0 radical (unpaired) electrons. The predicted molar refractivity (Wildman–Crippen MR) is 86.5 cm³/mol. The fourth-order valence-electron chi connectivity index (χ4n) is 2.50. The Kier molecular flexibility index (Phi) is 4.74. The van der Waals surface area contributed by atoms with Crippen LogP contribution < -0.4 is 4.90 Å². The molecule has 0 atom stereocenters. The molecular weight excluding hydrogens is 280 g/mol. The van der Waals surface area contributed by atoms with Crippen LogP contribution in [0.5, 0.6) is 0 Å². The van der Waals surface area contributed by atoms with Gasteiger partial charge in [0.25, 0.3) is 0 Å². The molecule has 120 valence electrons. The van der Waals surface area contributed by atoms with Gasteiger partial charge in [0.15, 0.2) is 5.78 Å². The van der Waals surface area contributed by atoms with Crippen molar-refractivity contribution in [3.05, 3.63) is 29.8 Å². The standard InChI is InChI=1S/C17H24N2O3/c1-13(20)14-7-5-6-8-15(14)18-9-11-19(12-10-18)16(21)22-17(2,3)4/h5-8H,9-12H2,1-4H3. The summed E-state index contributed by atoms with van der Waals surface area (Å²) in [6.07, 6.45) is -0.271. The number of benzene rings is 1. The average molecular weight is 304 g/mol. The fraction of sp³-hybridized carbons (Fsp3) is 0.529. The number of Topliss-reactive ketones (excluding diaryl/α,β-unsaturated/α-hetero) is 1. The zero-order chi connectivity index (χ0) is 16.3. The van der Waals surface area contributed by atoms with Crippen LogP contribution in [0.2, 0.25) is 0 Å². The summed E-state index contributed by atoms with van der Waals surface area (Å²) in [4.78, 5) is 27.7. The number of carbonyl (C=O) groups excluding carboxylic acids is 2. The lowest BCUT2D eigenvalue weighted by atomic mass is 10.1. The molecule has 0 aliphatic carbocycles. The second kappa shape index (κ2) is 6.38. The van der Waals surface area contributed by atoms with Crippen LogP contribution in [0.4, 0.5) is 10.5 Å². The third kappa shape index (κ3) is 4.00. The lowest BCUT2D eigenvalue weighted by Crippen LogP contribution is -2.50. The number of rotatable bonds is 2. The van der Waals surface area contributed by atoms with E-state index in [0.717, 1.165) is 11.3 Å². The minimum atomic E-state index is -0.477. The zero-order valence-electron chi connectivity index (χ0n) is 13.8.